The Morgan fingerprint density at radius 1 is 1.00 bits per heavy atom. The number of carbonyl (C=O) groups is 2. The molecule has 0 aliphatic carbocycles. The van der Waals surface area contributed by atoms with Crippen LogP contribution in [0.15, 0.2) is 29.3 Å². The first-order valence-corrected chi connectivity index (χ1v) is 10.3. The van der Waals surface area contributed by atoms with E-state index in [-0.39, 0.29) is 12.6 Å². The van der Waals surface area contributed by atoms with Crippen LogP contribution in [0.4, 0.5) is 0 Å². The first kappa shape index (κ1) is 23.1. The minimum Gasteiger partial charge on any atom is -0.497 e. The Bertz CT molecular complexity index is 848. The number of nitrogens with zero attached hydrogens (tertiary/aromatic N) is 1. The van der Waals surface area contributed by atoms with Crippen LogP contribution in [0, 0.1) is 10.8 Å². The number of esters is 2. The Balaban J connectivity index is 1.77. The van der Waals surface area contributed by atoms with Gasteiger partial charge in [-0.15, -0.1) is 0 Å². The van der Waals surface area contributed by atoms with Crippen LogP contribution in [-0.2, 0) is 28.5 Å². The molecule has 1 saturated heterocycles. The molecule has 0 bridgehead atoms. The number of benzene rings is 1. The summed E-state index contributed by atoms with van der Waals surface area (Å²) >= 11 is 0. The molecule has 0 radical (unpaired) electrons. The van der Waals surface area contributed by atoms with E-state index in [2.05, 4.69) is 4.99 Å². The van der Waals surface area contributed by atoms with Gasteiger partial charge >= 0.3 is 11.9 Å². The van der Waals surface area contributed by atoms with E-state index in [4.69, 9.17) is 23.7 Å². The number of hydrogen-bond donors (Lipinski definition) is 0. The predicted octanol–water partition coefficient (Wildman–Crippen LogP) is 3.11. The van der Waals surface area contributed by atoms with Crippen LogP contribution in [0.25, 0.3) is 0 Å². The summed E-state index contributed by atoms with van der Waals surface area (Å²) in [7, 11) is 1.59. The van der Waals surface area contributed by atoms with Gasteiger partial charge in [0.05, 0.1) is 17.9 Å². The molecule has 0 aromatic heterocycles. The Morgan fingerprint density at radius 2 is 1.61 bits per heavy atom. The van der Waals surface area contributed by atoms with Gasteiger partial charge in [0.25, 0.3) is 0 Å². The van der Waals surface area contributed by atoms with Gasteiger partial charge in [-0.2, -0.15) is 0 Å². The summed E-state index contributed by atoms with van der Waals surface area (Å²) in [5, 5.41) is 0. The lowest BCUT2D eigenvalue weighted by Gasteiger charge is -2.26. The molecule has 0 spiro atoms. The highest BCUT2D eigenvalue weighted by Gasteiger charge is 2.53. The van der Waals surface area contributed by atoms with Crippen LogP contribution >= 0.6 is 0 Å². The zero-order valence-corrected chi connectivity index (χ0v) is 19.1. The lowest BCUT2D eigenvalue weighted by Crippen LogP contribution is -2.42. The summed E-state index contributed by atoms with van der Waals surface area (Å²) in [6, 6.07) is 7.28. The number of aliphatic imine (C=N–C) groups is 1. The third kappa shape index (κ3) is 5.18. The van der Waals surface area contributed by atoms with Gasteiger partial charge in [-0.05, 0) is 65.8 Å². The van der Waals surface area contributed by atoms with E-state index in [1.165, 1.54) is 0 Å². The van der Waals surface area contributed by atoms with Gasteiger partial charge in [0.1, 0.15) is 18.5 Å². The molecule has 0 amide bonds. The average Bonchev–Trinajstić information content (AvgIpc) is 3.23. The standard InChI is InChI=1S/C23H31NO7/c1-22(2,3)20(25)28-12-15-16(31-21(26)23(4,5)6)17-19(29-15)24-18(30-17)13-8-10-14(27-7)11-9-13/h8-11,15-17,19H,12H2,1-7H3/t15-,16+,17-,19+/m1/s1. The van der Waals surface area contributed by atoms with Crippen molar-refractivity contribution in [3.05, 3.63) is 29.8 Å². The quantitative estimate of drug-likeness (QED) is 0.659. The Labute approximate surface area is 182 Å². The summed E-state index contributed by atoms with van der Waals surface area (Å²) in [6.45, 7) is 10.6. The molecule has 2 aliphatic rings. The molecule has 1 fully saturated rings. The van der Waals surface area contributed by atoms with Crippen molar-refractivity contribution in [1.82, 2.24) is 0 Å². The van der Waals surface area contributed by atoms with Crippen LogP contribution in [0.1, 0.15) is 47.1 Å². The van der Waals surface area contributed by atoms with Crippen LogP contribution in [0.3, 0.4) is 0 Å². The monoisotopic (exact) mass is 433 g/mol. The number of fused-ring (bicyclic) bond motifs is 1. The van der Waals surface area contributed by atoms with Crippen molar-refractivity contribution in [2.24, 2.45) is 15.8 Å². The Morgan fingerprint density at radius 3 is 2.16 bits per heavy atom. The van der Waals surface area contributed by atoms with Gasteiger partial charge in [-0.25, -0.2) is 4.99 Å². The largest absolute Gasteiger partial charge is 0.497 e. The molecule has 0 unspecified atom stereocenters. The fourth-order valence-electron chi connectivity index (χ4n) is 3.04. The first-order chi connectivity index (χ1) is 14.4. The molecule has 2 heterocycles. The molecule has 0 saturated carbocycles. The molecular weight excluding hydrogens is 402 g/mol. The summed E-state index contributed by atoms with van der Waals surface area (Å²) in [5.74, 6) is 0.365. The van der Waals surface area contributed by atoms with Gasteiger partial charge in [0.15, 0.2) is 18.4 Å². The third-order valence-corrected chi connectivity index (χ3v) is 4.96. The van der Waals surface area contributed by atoms with Crippen molar-refractivity contribution >= 4 is 17.8 Å². The summed E-state index contributed by atoms with van der Waals surface area (Å²) in [4.78, 5) is 29.3. The number of hydrogen-bond acceptors (Lipinski definition) is 8. The highest BCUT2D eigenvalue weighted by Crippen LogP contribution is 2.35. The van der Waals surface area contributed by atoms with Crippen LogP contribution < -0.4 is 4.74 Å². The number of ether oxygens (including phenoxy) is 5. The minimum atomic E-state index is -0.760. The molecule has 3 rings (SSSR count). The van der Waals surface area contributed by atoms with Crippen LogP contribution in [-0.4, -0.2) is 56.1 Å². The zero-order chi connectivity index (χ0) is 23.0. The predicted molar refractivity (Wildman–Crippen MR) is 113 cm³/mol. The summed E-state index contributed by atoms with van der Waals surface area (Å²) in [6.07, 6.45) is -2.72. The fourth-order valence-corrected chi connectivity index (χ4v) is 3.04. The highest BCUT2D eigenvalue weighted by atomic mass is 16.7. The number of rotatable bonds is 5. The van der Waals surface area contributed by atoms with Gasteiger partial charge in [0.2, 0.25) is 5.90 Å². The average molecular weight is 434 g/mol. The van der Waals surface area contributed by atoms with Crippen molar-refractivity contribution in [2.45, 2.75) is 66.1 Å². The van der Waals surface area contributed by atoms with E-state index in [1.54, 1.807) is 48.7 Å². The van der Waals surface area contributed by atoms with Crippen molar-refractivity contribution in [1.29, 1.82) is 0 Å². The lowest BCUT2D eigenvalue weighted by molar-refractivity contribution is -0.169. The summed E-state index contributed by atoms with van der Waals surface area (Å²) < 4.78 is 28.4. The normalized spacial score (nSPS) is 25.3. The molecule has 8 heteroatoms. The number of methoxy groups -OCH3 is 1. The minimum absolute atomic E-state index is 0.0536. The van der Waals surface area contributed by atoms with E-state index in [0.717, 1.165) is 11.3 Å². The number of carbonyl (C=O) groups excluding carboxylic acids is 2. The molecule has 8 nitrogen and oxygen atoms in total. The van der Waals surface area contributed by atoms with E-state index in [9.17, 15) is 9.59 Å². The summed E-state index contributed by atoms with van der Waals surface area (Å²) in [5.41, 5.74) is -0.596. The van der Waals surface area contributed by atoms with E-state index in [1.807, 2.05) is 24.3 Å². The second-order valence-electron chi connectivity index (χ2n) is 9.78. The van der Waals surface area contributed by atoms with Crippen molar-refractivity contribution in [2.75, 3.05) is 13.7 Å². The molecule has 2 aliphatic heterocycles. The molecule has 4 atom stereocenters. The molecular formula is C23H31NO7. The van der Waals surface area contributed by atoms with Crippen LogP contribution in [0.2, 0.25) is 0 Å². The van der Waals surface area contributed by atoms with E-state index >= 15 is 0 Å². The molecule has 1 aromatic carbocycles. The smallest absolute Gasteiger partial charge is 0.311 e. The topological polar surface area (TPSA) is 92.6 Å². The van der Waals surface area contributed by atoms with Crippen LogP contribution in [0.5, 0.6) is 5.75 Å². The molecule has 0 N–H and O–H groups in total. The fraction of sp³-hybridized carbons (Fsp3) is 0.609. The second kappa shape index (κ2) is 8.49. The van der Waals surface area contributed by atoms with Crippen molar-refractivity contribution in [3.63, 3.8) is 0 Å². The third-order valence-electron chi connectivity index (χ3n) is 4.96. The Hall–Kier alpha value is -2.61. The van der Waals surface area contributed by atoms with Gasteiger partial charge in [-0.1, -0.05) is 0 Å². The lowest BCUT2D eigenvalue weighted by atomic mass is 9.97. The van der Waals surface area contributed by atoms with Crippen molar-refractivity contribution in [3.8, 4) is 5.75 Å². The van der Waals surface area contributed by atoms with Gasteiger partial charge in [-0.3, -0.25) is 9.59 Å². The molecule has 1 aromatic rings. The maximum atomic E-state index is 12.6. The van der Waals surface area contributed by atoms with E-state index in [0.29, 0.717) is 5.90 Å². The maximum Gasteiger partial charge on any atom is 0.311 e. The Kier molecular flexibility index (Phi) is 6.32. The molecule has 170 valence electrons. The SMILES string of the molecule is COc1ccc(C2=N[C@H]3O[C@H](COC(=O)C(C)(C)C)[C@H](OC(=O)C(C)(C)C)[C@H]3O2)cc1. The zero-order valence-electron chi connectivity index (χ0n) is 19.1. The van der Waals surface area contributed by atoms with Gasteiger partial charge < -0.3 is 23.7 Å². The van der Waals surface area contributed by atoms with Crippen molar-refractivity contribution < 1.29 is 33.3 Å². The first-order valence-electron chi connectivity index (χ1n) is 10.3. The highest BCUT2D eigenvalue weighted by molar-refractivity contribution is 5.95. The maximum absolute atomic E-state index is 12.6. The van der Waals surface area contributed by atoms with E-state index < -0.39 is 41.3 Å². The second-order valence-corrected chi connectivity index (χ2v) is 9.78. The van der Waals surface area contributed by atoms with Gasteiger partial charge in [0, 0.05) is 5.56 Å². The molecule has 31 heavy (non-hydrogen) atoms.